The molecule has 1 rings (SSSR count). The molecule has 1 heterocycles. The van der Waals surface area contributed by atoms with Crippen LogP contribution in [0.4, 0.5) is 0 Å². The van der Waals surface area contributed by atoms with Crippen molar-refractivity contribution in [2.75, 3.05) is 27.2 Å². The van der Waals surface area contributed by atoms with Crippen molar-refractivity contribution in [3.05, 3.63) is 29.6 Å². The minimum atomic E-state index is -0.0584. The second kappa shape index (κ2) is 7.79. The van der Waals surface area contributed by atoms with Gasteiger partial charge in [0, 0.05) is 24.8 Å². The molecule has 0 fully saturated rings. The first-order valence-electron chi connectivity index (χ1n) is 6.21. The Morgan fingerprint density at radius 3 is 2.89 bits per heavy atom. The summed E-state index contributed by atoms with van der Waals surface area (Å²) in [6.07, 6.45) is 3.68. The molecule has 0 saturated carbocycles. The van der Waals surface area contributed by atoms with E-state index in [9.17, 15) is 4.79 Å². The van der Waals surface area contributed by atoms with Gasteiger partial charge in [0.15, 0.2) is 0 Å². The lowest BCUT2D eigenvalue weighted by Gasteiger charge is -2.09. The van der Waals surface area contributed by atoms with E-state index >= 15 is 0 Å². The molecule has 5 heteroatoms. The molecule has 0 bridgehead atoms. The van der Waals surface area contributed by atoms with Gasteiger partial charge in [-0.3, -0.25) is 9.78 Å². The maximum Gasteiger partial charge on any atom is 0.251 e. The minimum Gasteiger partial charge on any atom is -0.352 e. The van der Waals surface area contributed by atoms with Crippen molar-refractivity contribution in [3.63, 3.8) is 0 Å². The molecule has 0 saturated heterocycles. The number of carbonyl (C=O) groups is 1. The standard InChI is InChI=1S/C13H22N4O/c1-17(2)8-4-3-6-16-13(18)11-5-7-15-12(9-11)10-14/h5,7,9H,3-4,6,8,10,14H2,1-2H3,(H,16,18). The molecule has 0 spiro atoms. The van der Waals surface area contributed by atoms with Crippen LogP contribution < -0.4 is 11.1 Å². The number of rotatable bonds is 7. The molecule has 0 aromatic carbocycles. The fourth-order valence-corrected chi connectivity index (χ4v) is 1.59. The fourth-order valence-electron chi connectivity index (χ4n) is 1.59. The van der Waals surface area contributed by atoms with Crippen molar-refractivity contribution in [2.24, 2.45) is 5.73 Å². The summed E-state index contributed by atoms with van der Waals surface area (Å²) in [5, 5.41) is 2.90. The van der Waals surface area contributed by atoms with Crippen LogP contribution >= 0.6 is 0 Å². The van der Waals surface area contributed by atoms with E-state index in [1.165, 1.54) is 0 Å². The summed E-state index contributed by atoms with van der Waals surface area (Å²) in [6.45, 7) is 2.10. The first-order valence-corrected chi connectivity index (χ1v) is 6.21. The quantitative estimate of drug-likeness (QED) is 0.696. The highest BCUT2D eigenvalue weighted by molar-refractivity contribution is 5.94. The van der Waals surface area contributed by atoms with Crippen LogP contribution in [-0.2, 0) is 6.54 Å². The molecule has 1 aromatic rings. The molecule has 1 amide bonds. The van der Waals surface area contributed by atoms with Gasteiger partial charge in [0.2, 0.25) is 0 Å². The zero-order valence-electron chi connectivity index (χ0n) is 11.1. The van der Waals surface area contributed by atoms with Gasteiger partial charge >= 0.3 is 0 Å². The molecule has 0 aliphatic rings. The average molecular weight is 250 g/mol. The summed E-state index contributed by atoms with van der Waals surface area (Å²) in [6, 6.07) is 3.43. The molecule has 0 aliphatic carbocycles. The first-order chi connectivity index (χ1) is 8.63. The minimum absolute atomic E-state index is 0.0584. The fraction of sp³-hybridized carbons (Fsp3) is 0.538. The number of unbranched alkanes of at least 4 members (excludes halogenated alkanes) is 1. The third-order valence-electron chi connectivity index (χ3n) is 2.61. The third kappa shape index (κ3) is 5.25. The van der Waals surface area contributed by atoms with Crippen molar-refractivity contribution in [1.29, 1.82) is 0 Å². The average Bonchev–Trinajstić information content (AvgIpc) is 2.37. The number of nitrogens with one attached hydrogen (secondary N) is 1. The Morgan fingerprint density at radius 2 is 2.22 bits per heavy atom. The summed E-state index contributed by atoms with van der Waals surface area (Å²) in [7, 11) is 4.09. The maximum atomic E-state index is 11.8. The molecule has 3 N–H and O–H groups in total. The van der Waals surface area contributed by atoms with Crippen LogP contribution in [-0.4, -0.2) is 43.0 Å². The van der Waals surface area contributed by atoms with Crippen LogP contribution in [0.15, 0.2) is 18.3 Å². The molecule has 0 unspecified atom stereocenters. The van der Waals surface area contributed by atoms with Crippen LogP contribution in [0, 0.1) is 0 Å². The number of nitrogens with two attached hydrogens (primary N) is 1. The van der Waals surface area contributed by atoms with E-state index in [0.717, 1.165) is 25.1 Å². The highest BCUT2D eigenvalue weighted by Crippen LogP contribution is 2.01. The van der Waals surface area contributed by atoms with E-state index in [1.54, 1.807) is 18.3 Å². The molecule has 1 aromatic heterocycles. The van der Waals surface area contributed by atoms with Crippen molar-refractivity contribution in [3.8, 4) is 0 Å². The van der Waals surface area contributed by atoms with Crippen LogP contribution in [0.2, 0.25) is 0 Å². The van der Waals surface area contributed by atoms with Crippen molar-refractivity contribution >= 4 is 5.91 Å². The van der Waals surface area contributed by atoms with E-state index in [2.05, 4.69) is 15.2 Å². The first kappa shape index (κ1) is 14.6. The Bertz CT molecular complexity index is 379. The predicted molar refractivity (Wildman–Crippen MR) is 72.2 cm³/mol. The molecule has 0 radical (unpaired) electrons. The van der Waals surface area contributed by atoms with Crippen LogP contribution in [0.25, 0.3) is 0 Å². The normalized spacial score (nSPS) is 10.7. The molecule has 0 aliphatic heterocycles. The van der Waals surface area contributed by atoms with Crippen LogP contribution in [0.1, 0.15) is 28.9 Å². The van der Waals surface area contributed by atoms with Crippen molar-refractivity contribution < 1.29 is 4.79 Å². The zero-order valence-corrected chi connectivity index (χ0v) is 11.1. The van der Waals surface area contributed by atoms with Crippen molar-refractivity contribution in [2.45, 2.75) is 19.4 Å². The van der Waals surface area contributed by atoms with Crippen molar-refractivity contribution in [1.82, 2.24) is 15.2 Å². The monoisotopic (exact) mass is 250 g/mol. The summed E-state index contributed by atoms with van der Waals surface area (Å²) in [5.41, 5.74) is 6.84. The number of carbonyl (C=O) groups excluding carboxylic acids is 1. The summed E-state index contributed by atoms with van der Waals surface area (Å²) >= 11 is 0. The summed E-state index contributed by atoms with van der Waals surface area (Å²) in [4.78, 5) is 18.0. The number of amides is 1. The number of aromatic nitrogens is 1. The van der Waals surface area contributed by atoms with Gasteiger partial charge in [-0.1, -0.05) is 0 Å². The van der Waals surface area contributed by atoms with E-state index in [0.29, 0.717) is 18.7 Å². The zero-order chi connectivity index (χ0) is 13.4. The second-order valence-electron chi connectivity index (χ2n) is 4.51. The van der Waals surface area contributed by atoms with E-state index in [4.69, 9.17) is 5.73 Å². The van der Waals surface area contributed by atoms with Gasteiger partial charge in [-0.25, -0.2) is 0 Å². The lowest BCUT2D eigenvalue weighted by molar-refractivity contribution is 0.0952. The molecule has 18 heavy (non-hydrogen) atoms. The third-order valence-corrected chi connectivity index (χ3v) is 2.61. The van der Waals surface area contributed by atoms with E-state index < -0.39 is 0 Å². The Hall–Kier alpha value is -1.46. The van der Waals surface area contributed by atoms with Gasteiger partial charge in [-0.15, -0.1) is 0 Å². The van der Waals surface area contributed by atoms with E-state index in [-0.39, 0.29) is 5.91 Å². The smallest absolute Gasteiger partial charge is 0.251 e. The Kier molecular flexibility index (Phi) is 6.32. The van der Waals surface area contributed by atoms with Gasteiger partial charge in [-0.05, 0) is 45.6 Å². The molecular formula is C13H22N4O. The van der Waals surface area contributed by atoms with Gasteiger partial charge in [-0.2, -0.15) is 0 Å². The van der Waals surface area contributed by atoms with Gasteiger partial charge in [0.05, 0.1) is 5.69 Å². The largest absolute Gasteiger partial charge is 0.352 e. The lowest BCUT2D eigenvalue weighted by atomic mass is 10.2. The highest BCUT2D eigenvalue weighted by Gasteiger charge is 2.05. The number of hydrogen-bond acceptors (Lipinski definition) is 4. The Morgan fingerprint density at radius 1 is 1.44 bits per heavy atom. The molecule has 0 atom stereocenters. The van der Waals surface area contributed by atoms with Gasteiger partial charge in [0.1, 0.15) is 0 Å². The second-order valence-corrected chi connectivity index (χ2v) is 4.51. The topological polar surface area (TPSA) is 71.2 Å². The van der Waals surface area contributed by atoms with Crippen LogP contribution in [0.3, 0.4) is 0 Å². The number of nitrogens with zero attached hydrogens (tertiary/aromatic N) is 2. The Labute approximate surface area is 108 Å². The van der Waals surface area contributed by atoms with Gasteiger partial charge < -0.3 is 16.0 Å². The lowest BCUT2D eigenvalue weighted by Crippen LogP contribution is -2.25. The Balaban J connectivity index is 2.31. The molecular weight excluding hydrogens is 228 g/mol. The van der Waals surface area contributed by atoms with Crippen LogP contribution in [0.5, 0.6) is 0 Å². The summed E-state index contributed by atoms with van der Waals surface area (Å²) < 4.78 is 0. The number of pyridine rings is 1. The highest BCUT2D eigenvalue weighted by atomic mass is 16.1. The predicted octanol–water partition coefficient (Wildman–Crippen LogP) is 0.612. The van der Waals surface area contributed by atoms with Gasteiger partial charge in [0.25, 0.3) is 5.91 Å². The van der Waals surface area contributed by atoms with E-state index in [1.807, 2.05) is 14.1 Å². The maximum absolute atomic E-state index is 11.8. The molecule has 100 valence electrons. The number of hydrogen-bond donors (Lipinski definition) is 2. The SMILES string of the molecule is CN(C)CCCCNC(=O)c1ccnc(CN)c1. The summed E-state index contributed by atoms with van der Waals surface area (Å²) in [5.74, 6) is -0.0584. The molecule has 5 nitrogen and oxygen atoms in total.